The second kappa shape index (κ2) is 10.4. The van der Waals surface area contributed by atoms with E-state index in [1.165, 1.54) is 25.7 Å². The molecule has 7 nitrogen and oxygen atoms in total. The van der Waals surface area contributed by atoms with E-state index in [0.29, 0.717) is 18.2 Å². The summed E-state index contributed by atoms with van der Waals surface area (Å²) >= 11 is 1.93. The molecular weight excluding hydrogens is 398 g/mol. The number of anilines is 1. The first-order valence-electron chi connectivity index (χ1n) is 11.3. The Morgan fingerprint density at radius 2 is 2.00 bits per heavy atom. The summed E-state index contributed by atoms with van der Waals surface area (Å²) in [6.45, 7) is 2.71. The van der Waals surface area contributed by atoms with Crippen molar-refractivity contribution in [2.24, 2.45) is 0 Å². The number of thioether (sulfide) groups is 1. The van der Waals surface area contributed by atoms with E-state index in [1.54, 1.807) is 0 Å². The second-order valence-electron chi connectivity index (χ2n) is 8.57. The average molecular weight is 432 g/mol. The van der Waals surface area contributed by atoms with Crippen molar-refractivity contribution < 1.29 is 9.59 Å². The van der Waals surface area contributed by atoms with Gasteiger partial charge in [0.1, 0.15) is 5.82 Å². The summed E-state index contributed by atoms with van der Waals surface area (Å²) in [4.78, 5) is 30.6. The average Bonchev–Trinajstić information content (AvgIpc) is 3.17. The topological polar surface area (TPSA) is 86.4 Å². The molecule has 3 aliphatic rings. The maximum absolute atomic E-state index is 12.2. The molecule has 4 heterocycles. The molecule has 3 fully saturated rings. The van der Waals surface area contributed by atoms with Gasteiger partial charge in [-0.25, -0.2) is 9.78 Å². The minimum absolute atomic E-state index is 0.0383. The molecule has 3 amide bonds. The van der Waals surface area contributed by atoms with Gasteiger partial charge in [0, 0.05) is 43.3 Å². The van der Waals surface area contributed by atoms with Gasteiger partial charge in [-0.3, -0.25) is 4.79 Å². The first-order chi connectivity index (χ1) is 14.7. The number of hydrogen-bond donors (Lipinski definition) is 3. The van der Waals surface area contributed by atoms with E-state index in [0.717, 1.165) is 49.5 Å². The number of unbranched alkanes of at least 4 members (excludes halogenated alkanes) is 1. The number of amides is 3. The zero-order valence-corrected chi connectivity index (χ0v) is 18.4. The third kappa shape index (κ3) is 5.59. The lowest BCUT2D eigenvalue weighted by Gasteiger charge is -2.21. The van der Waals surface area contributed by atoms with E-state index in [9.17, 15) is 9.59 Å². The number of rotatable bonds is 8. The lowest BCUT2D eigenvalue weighted by Crippen LogP contribution is -2.36. The Kier molecular flexibility index (Phi) is 7.36. The molecule has 164 valence electrons. The molecule has 3 saturated heterocycles. The second-order valence-corrected chi connectivity index (χ2v) is 9.84. The van der Waals surface area contributed by atoms with Gasteiger partial charge in [0.15, 0.2) is 0 Å². The van der Waals surface area contributed by atoms with Crippen molar-refractivity contribution in [3.63, 3.8) is 0 Å². The minimum atomic E-state index is -0.0383. The van der Waals surface area contributed by atoms with Gasteiger partial charge in [0.05, 0.1) is 12.1 Å². The Morgan fingerprint density at radius 3 is 2.77 bits per heavy atom. The van der Waals surface area contributed by atoms with Crippen LogP contribution in [0.4, 0.5) is 10.6 Å². The van der Waals surface area contributed by atoms with Gasteiger partial charge >= 0.3 is 6.03 Å². The van der Waals surface area contributed by atoms with Crippen LogP contribution in [0.25, 0.3) is 0 Å². The van der Waals surface area contributed by atoms with E-state index in [-0.39, 0.29) is 24.0 Å². The predicted octanol–water partition coefficient (Wildman–Crippen LogP) is 2.80. The maximum Gasteiger partial charge on any atom is 0.315 e. The highest BCUT2D eigenvalue weighted by Gasteiger charge is 2.42. The van der Waals surface area contributed by atoms with Crippen LogP contribution in [0.2, 0.25) is 0 Å². The summed E-state index contributed by atoms with van der Waals surface area (Å²) in [6.07, 6.45) is 10.5. The Labute approximate surface area is 183 Å². The normalized spacial score (nSPS) is 25.9. The number of nitrogens with zero attached hydrogens (tertiary/aromatic N) is 2. The molecule has 0 aliphatic carbocycles. The van der Waals surface area contributed by atoms with Crippen LogP contribution >= 0.6 is 11.8 Å². The first kappa shape index (κ1) is 21.3. The maximum atomic E-state index is 12.2. The van der Waals surface area contributed by atoms with Crippen LogP contribution in [0, 0.1) is 0 Å². The molecule has 3 atom stereocenters. The highest BCUT2D eigenvalue weighted by atomic mass is 32.2. The smallest absolute Gasteiger partial charge is 0.315 e. The molecular formula is C22H33N5O2S. The van der Waals surface area contributed by atoms with Crippen LogP contribution in [0.3, 0.4) is 0 Å². The lowest BCUT2D eigenvalue weighted by molar-refractivity contribution is -0.121. The number of urea groups is 1. The quantitative estimate of drug-likeness (QED) is 0.435. The molecule has 0 aromatic carbocycles. The van der Waals surface area contributed by atoms with Crippen LogP contribution in [-0.2, 0) is 11.3 Å². The molecule has 8 heteroatoms. The lowest BCUT2D eigenvalue weighted by atomic mass is 10.0. The van der Waals surface area contributed by atoms with Gasteiger partial charge in [0.2, 0.25) is 5.91 Å². The van der Waals surface area contributed by atoms with Gasteiger partial charge in [-0.2, -0.15) is 11.8 Å². The van der Waals surface area contributed by atoms with Gasteiger partial charge in [0.25, 0.3) is 0 Å². The number of aromatic nitrogens is 1. The van der Waals surface area contributed by atoms with Crippen molar-refractivity contribution in [2.45, 2.75) is 75.2 Å². The van der Waals surface area contributed by atoms with Gasteiger partial charge in [-0.05, 0) is 37.3 Å². The molecule has 3 N–H and O–H groups in total. The molecule has 30 heavy (non-hydrogen) atoms. The summed E-state index contributed by atoms with van der Waals surface area (Å²) in [7, 11) is 0. The molecule has 0 spiro atoms. The predicted molar refractivity (Wildman–Crippen MR) is 121 cm³/mol. The van der Waals surface area contributed by atoms with Gasteiger partial charge in [-0.15, -0.1) is 0 Å². The van der Waals surface area contributed by atoms with E-state index < -0.39 is 0 Å². The van der Waals surface area contributed by atoms with Crippen LogP contribution < -0.4 is 20.9 Å². The highest BCUT2D eigenvalue weighted by molar-refractivity contribution is 8.00. The number of pyridine rings is 1. The van der Waals surface area contributed by atoms with Gasteiger partial charge in [-0.1, -0.05) is 25.3 Å². The van der Waals surface area contributed by atoms with Crippen molar-refractivity contribution >= 4 is 29.5 Å². The molecule has 4 rings (SSSR count). The fourth-order valence-electron chi connectivity index (χ4n) is 4.57. The summed E-state index contributed by atoms with van der Waals surface area (Å²) in [6, 6.07) is 4.64. The summed E-state index contributed by atoms with van der Waals surface area (Å²) in [5, 5.41) is 9.47. The molecule has 1 aromatic heterocycles. The van der Waals surface area contributed by atoms with Crippen LogP contribution in [-0.4, -0.2) is 53.1 Å². The Bertz CT molecular complexity index is 721. The number of hydrogen-bond acceptors (Lipinski definition) is 5. The largest absolute Gasteiger partial charge is 0.357 e. The van der Waals surface area contributed by atoms with Crippen molar-refractivity contribution in [2.75, 3.05) is 23.7 Å². The number of nitrogens with one attached hydrogen (secondary N) is 3. The Morgan fingerprint density at radius 1 is 1.17 bits per heavy atom. The van der Waals surface area contributed by atoms with E-state index in [2.05, 4.69) is 38.0 Å². The standard InChI is InChI=1S/C22H33N5O2S/c28-20(8-4-3-7-18-21-17(15-30-18)25-22(29)26-21)24-14-16-9-10-19(23-13-16)27-11-5-1-2-6-12-27/h9-10,13,17-18,21H,1-8,11-12,14-15H2,(H,24,28)(H2,25,26,29)/t17-,18-,21-/m0/s1. The van der Waals surface area contributed by atoms with Gasteiger partial charge < -0.3 is 20.9 Å². The SMILES string of the molecule is O=C(CCCC[C@@H]1SC[C@@H]2NC(=O)N[C@@H]21)NCc1ccc(N2CCCCCC2)nc1. The molecule has 0 bridgehead atoms. The van der Waals surface area contributed by atoms with E-state index in [1.807, 2.05) is 18.0 Å². The van der Waals surface area contributed by atoms with Crippen molar-refractivity contribution in [3.8, 4) is 0 Å². The van der Waals surface area contributed by atoms with E-state index >= 15 is 0 Å². The monoisotopic (exact) mass is 431 g/mol. The Balaban J connectivity index is 1.12. The molecule has 0 unspecified atom stereocenters. The Hall–Kier alpha value is -1.96. The molecule has 0 saturated carbocycles. The van der Waals surface area contributed by atoms with Crippen LogP contribution in [0.1, 0.15) is 56.9 Å². The summed E-state index contributed by atoms with van der Waals surface area (Å²) in [5.74, 6) is 2.13. The van der Waals surface area contributed by atoms with Crippen LogP contribution in [0.15, 0.2) is 18.3 Å². The number of carbonyl (C=O) groups is 2. The fraction of sp³-hybridized carbons (Fsp3) is 0.682. The summed E-state index contributed by atoms with van der Waals surface area (Å²) < 4.78 is 0. The van der Waals surface area contributed by atoms with Crippen LogP contribution in [0.5, 0.6) is 0 Å². The molecule has 3 aliphatic heterocycles. The molecule has 0 radical (unpaired) electrons. The fourth-order valence-corrected chi connectivity index (χ4v) is 6.11. The zero-order chi connectivity index (χ0) is 20.8. The number of carbonyl (C=O) groups excluding carboxylic acids is 2. The third-order valence-electron chi connectivity index (χ3n) is 6.31. The summed E-state index contributed by atoms with van der Waals surface area (Å²) in [5.41, 5.74) is 1.04. The van der Waals surface area contributed by atoms with Crippen molar-refractivity contribution in [1.29, 1.82) is 0 Å². The highest BCUT2D eigenvalue weighted by Crippen LogP contribution is 2.33. The molecule has 1 aromatic rings. The van der Waals surface area contributed by atoms with Crippen molar-refractivity contribution in [3.05, 3.63) is 23.9 Å². The minimum Gasteiger partial charge on any atom is -0.357 e. The van der Waals surface area contributed by atoms with Crippen molar-refractivity contribution in [1.82, 2.24) is 20.9 Å². The first-order valence-corrected chi connectivity index (χ1v) is 12.4. The van der Waals surface area contributed by atoms with E-state index in [4.69, 9.17) is 0 Å². The third-order valence-corrected chi connectivity index (χ3v) is 7.82. The zero-order valence-electron chi connectivity index (χ0n) is 17.6. The number of fused-ring (bicyclic) bond motifs is 1.